The molecule has 5 heteroatoms. The lowest BCUT2D eigenvalue weighted by molar-refractivity contribution is 0.294. The van der Waals surface area contributed by atoms with E-state index in [0.29, 0.717) is 12.1 Å². The lowest BCUT2D eigenvalue weighted by atomic mass is 10.0. The zero-order valence-corrected chi connectivity index (χ0v) is 14.2. The number of nitrogens with zero attached hydrogens (tertiary/aromatic N) is 1. The number of halogens is 1. The molecule has 0 bridgehead atoms. The molecule has 2 fully saturated rings. The summed E-state index contributed by atoms with van der Waals surface area (Å²) in [7, 11) is 0. The van der Waals surface area contributed by atoms with Gasteiger partial charge in [-0.3, -0.25) is 4.90 Å². The molecule has 2 aromatic heterocycles. The summed E-state index contributed by atoms with van der Waals surface area (Å²) in [4.78, 5) is 5.38. The van der Waals surface area contributed by atoms with E-state index < -0.39 is 0 Å². The van der Waals surface area contributed by atoms with Crippen molar-refractivity contribution in [1.82, 2.24) is 10.2 Å². The zero-order valence-electron chi connectivity index (χ0n) is 11.8. The van der Waals surface area contributed by atoms with Gasteiger partial charge in [0.1, 0.15) is 0 Å². The first-order chi connectivity index (χ1) is 10.3. The molecule has 0 spiro atoms. The fourth-order valence-electron chi connectivity index (χ4n) is 3.73. The molecule has 4 rings (SSSR count). The SMILES string of the molecule is Clc1ccc(C(NC2CCN3CCCC23)c2cccs2)s1. The minimum Gasteiger partial charge on any atom is -0.301 e. The fourth-order valence-corrected chi connectivity index (χ4v) is 5.75. The van der Waals surface area contributed by atoms with Crippen LogP contribution in [0.1, 0.15) is 35.1 Å². The molecule has 0 radical (unpaired) electrons. The van der Waals surface area contributed by atoms with E-state index in [-0.39, 0.29) is 0 Å². The zero-order chi connectivity index (χ0) is 14.2. The van der Waals surface area contributed by atoms with Gasteiger partial charge >= 0.3 is 0 Å². The van der Waals surface area contributed by atoms with Gasteiger partial charge in [0.25, 0.3) is 0 Å². The third kappa shape index (κ3) is 2.80. The molecule has 2 aromatic rings. The van der Waals surface area contributed by atoms with E-state index in [2.05, 4.69) is 33.8 Å². The van der Waals surface area contributed by atoms with E-state index in [9.17, 15) is 0 Å². The van der Waals surface area contributed by atoms with Crippen molar-refractivity contribution >= 4 is 34.3 Å². The summed E-state index contributed by atoms with van der Waals surface area (Å²) in [6, 6.07) is 10.2. The summed E-state index contributed by atoms with van der Waals surface area (Å²) in [6.45, 7) is 2.54. The summed E-state index contributed by atoms with van der Waals surface area (Å²) in [5.74, 6) is 0. The molecule has 2 aliphatic rings. The molecule has 21 heavy (non-hydrogen) atoms. The largest absolute Gasteiger partial charge is 0.301 e. The molecule has 3 atom stereocenters. The molecule has 112 valence electrons. The van der Waals surface area contributed by atoms with E-state index in [1.165, 1.54) is 42.1 Å². The van der Waals surface area contributed by atoms with Crippen LogP contribution in [0.15, 0.2) is 29.6 Å². The number of fused-ring (bicyclic) bond motifs is 1. The van der Waals surface area contributed by atoms with Crippen LogP contribution in [0.25, 0.3) is 0 Å². The smallest absolute Gasteiger partial charge is 0.0931 e. The summed E-state index contributed by atoms with van der Waals surface area (Å²) in [6.07, 6.45) is 3.98. The number of rotatable bonds is 4. The first-order valence-electron chi connectivity index (χ1n) is 7.60. The monoisotopic (exact) mass is 338 g/mol. The van der Waals surface area contributed by atoms with Gasteiger partial charge in [-0.2, -0.15) is 0 Å². The van der Waals surface area contributed by atoms with Crippen LogP contribution >= 0.6 is 34.3 Å². The van der Waals surface area contributed by atoms with Crippen LogP contribution in [0.4, 0.5) is 0 Å². The third-order valence-corrected chi connectivity index (χ3v) is 6.93. The Hall–Kier alpha value is -0.390. The maximum atomic E-state index is 6.16. The maximum Gasteiger partial charge on any atom is 0.0931 e. The second kappa shape index (κ2) is 6.01. The second-order valence-electron chi connectivity index (χ2n) is 5.90. The molecule has 0 amide bonds. The molecular weight excluding hydrogens is 320 g/mol. The predicted octanol–water partition coefficient (Wildman–Crippen LogP) is 4.38. The van der Waals surface area contributed by atoms with Crippen LogP contribution < -0.4 is 5.32 Å². The Morgan fingerprint density at radius 2 is 2.14 bits per heavy atom. The van der Waals surface area contributed by atoms with E-state index in [0.717, 1.165) is 10.4 Å². The van der Waals surface area contributed by atoms with Crippen LogP contribution in [0.2, 0.25) is 4.34 Å². The Morgan fingerprint density at radius 1 is 1.19 bits per heavy atom. The van der Waals surface area contributed by atoms with Gasteiger partial charge in [-0.15, -0.1) is 22.7 Å². The molecule has 0 aromatic carbocycles. The maximum absolute atomic E-state index is 6.16. The minimum absolute atomic E-state index is 0.299. The van der Waals surface area contributed by atoms with Crippen molar-refractivity contribution < 1.29 is 0 Å². The van der Waals surface area contributed by atoms with Gasteiger partial charge in [0, 0.05) is 28.4 Å². The molecule has 1 N–H and O–H groups in total. The van der Waals surface area contributed by atoms with Crippen LogP contribution in [0, 0.1) is 0 Å². The van der Waals surface area contributed by atoms with Crippen LogP contribution in [-0.4, -0.2) is 30.1 Å². The molecular formula is C16H19ClN2S2. The Kier molecular flexibility index (Phi) is 4.07. The second-order valence-corrected chi connectivity index (χ2v) is 8.62. The summed E-state index contributed by atoms with van der Waals surface area (Å²) >= 11 is 9.69. The van der Waals surface area contributed by atoms with Gasteiger partial charge in [0.15, 0.2) is 0 Å². The predicted molar refractivity (Wildman–Crippen MR) is 91.6 cm³/mol. The highest BCUT2D eigenvalue weighted by atomic mass is 35.5. The van der Waals surface area contributed by atoms with Crippen molar-refractivity contribution in [1.29, 1.82) is 0 Å². The quantitative estimate of drug-likeness (QED) is 0.890. The first kappa shape index (κ1) is 14.2. The van der Waals surface area contributed by atoms with Gasteiger partial charge < -0.3 is 5.32 Å². The Labute approximate surface area is 138 Å². The molecule has 4 heterocycles. The summed E-state index contributed by atoms with van der Waals surface area (Å²) < 4.78 is 0.877. The van der Waals surface area contributed by atoms with Crippen molar-refractivity contribution in [2.24, 2.45) is 0 Å². The van der Waals surface area contributed by atoms with Crippen LogP contribution in [-0.2, 0) is 0 Å². The van der Waals surface area contributed by atoms with Crippen molar-refractivity contribution in [2.45, 2.75) is 37.4 Å². The fraction of sp³-hybridized carbons (Fsp3) is 0.500. The average molecular weight is 339 g/mol. The molecule has 3 unspecified atom stereocenters. The van der Waals surface area contributed by atoms with E-state index in [1.807, 2.05) is 17.4 Å². The van der Waals surface area contributed by atoms with Crippen molar-refractivity contribution in [3.05, 3.63) is 43.7 Å². The standard InChI is InChI=1S/C16H19ClN2S2/c17-15-6-5-14(21-15)16(13-4-2-10-20-13)18-11-7-9-19-8-1-3-12(11)19/h2,4-6,10-12,16,18H,1,3,7-9H2. The highest BCUT2D eigenvalue weighted by Crippen LogP contribution is 2.36. The van der Waals surface area contributed by atoms with Gasteiger partial charge in [-0.1, -0.05) is 17.7 Å². The first-order valence-corrected chi connectivity index (χ1v) is 9.67. The normalized spacial score (nSPS) is 27.1. The van der Waals surface area contributed by atoms with Crippen LogP contribution in [0.5, 0.6) is 0 Å². The van der Waals surface area contributed by atoms with E-state index >= 15 is 0 Å². The Morgan fingerprint density at radius 3 is 2.90 bits per heavy atom. The Balaban J connectivity index is 1.58. The van der Waals surface area contributed by atoms with Crippen molar-refractivity contribution in [3.63, 3.8) is 0 Å². The molecule has 0 saturated carbocycles. The average Bonchev–Trinajstić information content (AvgIpc) is 3.22. The third-order valence-electron chi connectivity index (χ3n) is 4.69. The minimum atomic E-state index is 0.299. The Bertz CT molecular complexity index is 595. The topological polar surface area (TPSA) is 15.3 Å². The molecule has 2 nitrogen and oxygen atoms in total. The number of thiophene rings is 2. The molecule has 2 aliphatic heterocycles. The lowest BCUT2D eigenvalue weighted by Crippen LogP contribution is -2.41. The van der Waals surface area contributed by atoms with Gasteiger partial charge in [0.05, 0.1) is 10.4 Å². The summed E-state index contributed by atoms with van der Waals surface area (Å²) in [5.41, 5.74) is 0. The van der Waals surface area contributed by atoms with Crippen molar-refractivity contribution in [2.75, 3.05) is 13.1 Å². The molecule has 2 saturated heterocycles. The number of nitrogens with one attached hydrogen (secondary N) is 1. The van der Waals surface area contributed by atoms with Gasteiger partial charge in [-0.05, 0) is 49.4 Å². The van der Waals surface area contributed by atoms with Gasteiger partial charge in [-0.25, -0.2) is 0 Å². The van der Waals surface area contributed by atoms with Crippen LogP contribution in [0.3, 0.4) is 0 Å². The highest BCUT2D eigenvalue weighted by molar-refractivity contribution is 7.16. The van der Waals surface area contributed by atoms with E-state index in [4.69, 9.17) is 11.6 Å². The summed E-state index contributed by atoms with van der Waals surface area (Å²) in [5, 5.41) is 6.10. The van der Waals surface area contributed by atoms with E-state index in [1.54, 1.807) is 11.3 Å². The number of hydrogen-bond donors (Lipinski definition) is 1. The van der Waals surface area contributed by atoms with Crippen molar-refractivity contribution in [3.8, 4) is 0 Å². The van der Waals surface area contributed by atoms with Gasteiger partial charge in [0.2, 0.25) is 0 Å². The highest BCUT2D eigenvalue weighted by Gasteiger charge is 2.38. The lowest BCUT2D eigenvalue weighted by Gasteiger charge is -2.26. The molecule has 0 aliphatic carbocycles. The number of hydrogen-bond acceptors (Lipinski definition) is 4.